The molecule has 1 fully saturated rings. The van der Waals surface area contributed by atoms with Crippen LogP contribution in [-0.4, -0.2) is 46.2 Å². The second-order valence-electron chi connectivity index (χ2n) is 7.62. The summed E-state index contributed by atoms with van der Waals surface area (Å²) in [6, 6.07) is 0. The summed E-state index contributed by atoms with van der Waals surface area (Å²) < 4.78 is 0. The van der Waals surface area contributed by atoms with Gasteiger partial charge in [-0.05, 0) is 43.2 Å². The molecule has 6 nitrogen and oxygen atoms in total. The van der Waals surface area contributed by atoms with E-state index in [-0.39, 0.29) is 16.9 Å². The van der Waals surface area contributed by atoms with Crippen molar-refractivity contribution in [2.24, 2.45) is 11.1 Å². The molecule has 0 spiro atoms. The number of nitrogens with two attached hydrogens (primary N) is 1. The molecule has 1 aliphatic heterocycles. The van der Waals surface area contributed by atoms with Crippen LogP contribution in [0.15, 0.2) is 4.79 Å². The first-order chi connectivity index (χ1) is 12.5. The summed E-state index contributed by atoms with van der Waals surface area (Å²) in [7, 11) is 0. The lowest BCUT2D eigenvalue weighted by molar-refractivity contribution is -0.127. The highest BCUT2D eigenvalue weighted by Gasteiger charge is 2.34. The van der Waals surface area contributed by atoms with E-state index in [9.17, 15) is 9.59 Å². The minimum absolute atomic E-state index is 0.0328. The number of carbonyl (C=O) groups is 1. The summed E-state index contributed by atoms with van der Waals surface area (Å²) in [4.78, 5) is 36.4. The number of likely N-dealkylation sites (tertiary alicyclic amines) is 1. The van der Waals surface area contributed by atoms with Gasteiger partial charge in [0.2, 0.25) is 5.91 Å². The van der Waals surface area contributed by atoms with Gasteiger partial charge in [0, 0.05) is 18.0 Å². The van der Waals surface area contributed by atoms with Gasteiger partial charge in [0.05, 0.1) is 16.9 Å². The van der Waals surface area contributed by atoms with Crippen LogP contribution in [0.2, 0.25) is 0 Å². The fourth-order valence-electron chi connectivity index (χ4n) is 3.84. The minimum atomic E-state index is -0.0328. The molecule has 8 heteroatoms. The van der Waals surface area contributed by atoms with Crippen molar-refractivity contribution < 1.29 is 4.79 Å². The third kappa shape index (κ3) is 3.30. The van der Waals surface area contributed by atoms with Crippen LogP contribution in [0.25, 0.3) is 10.2 Å². The van der Waals surface area contributed by atoms with Crippen molar-refractivity contribution >= 4 is 39.2 Å². The maximum Gasteiger partial charge on any atom is 0.259 e. The molecule has 1 aliphatic carbocycles. The van der Waals surface area contributed by atoms with Gasteiger partial charge in [0.25, 0.3) is 5.56 Å². The number of hydrogen-bond donors (Lipinski definition) is 2. The predicted molar refractivity (Wildman–Crippen MR) is 107 cm³/mol. The smallest absolute Gasteiger partial charge is 0.259 e. The predicted octanol–water partition coefficient (Wildman–Crippen LogP) is 1.90. The van der Waals surface area contributed by atoms with Gasteiger partial charge in [-0.3, -0.25) is 9.59 Å². The van der Waals surface area contributed by atoms with Crippen molar-refractivity contribution in [2.75, 3.05) is 25.4 Å². The Morgan fingerprint density at radius 2 is 2.31 bits per heavy atom. The van der Waals surface area contributed by atoms with Crippen molar-refractivity contribution in [3.8, 4) is 0 Å². The minimum Gasteiger partial charge on any atom is -0.341 e. The maximum atomic E-state index is 12.4. The van der Waals surface area contributed by atoms with Gasteiger partial charge in [-0.15, -0.1) is 23.1 Å². The number of H-pyrrole nitrogens is 1. The van der Waals surface area contributed by atoms with Crippen LogP contribution in [-0.2, 0) is 23.4 Å². The van der Waals surface area contributed by atoms with Gasteiger partial charge in [0.15, 0.2) is 0 Å². The van der Waals surface area contributed by atoms with E-state index in [0.717, 1.165) is 49.0 Å². The van der Waals surface area contributed by atoms with Gasteiger partial charge in [-0.2, -0.15) is 0 Å². The number of amides is 1. The van der Waals surface area contributed by atoms with E-state index in [0.29, 0.717) is 23.9 Å². The fraction of sp³-hybridized carbons (Fsp3) is 0.611. The molecule has 1 amide bonds. The Balaban J connectivity index is 1.38. The average Bonchev–Trinajstić information content (AvgIpc) is 3.29. The average molecular weight is 393 g/mol. The van der Waals surface area contributed by atoms with Crippen LogP contribution in [0.5, 0.6) is 0 Å². The molecule has 0 radical (unpaired) electrons. The standard InChI is InChI=1S/C18H24N4O2S2/c1-18(9-19)5-6-22(10-18)14(23)8-25-7-13-20-16(24)15-11-3-2-4-12(11)26-17(15)21-13/h2-10,19H2,1H3,(H,20,21,24). The van der Waals surface area contributed by atoms with Gasteiger partial charge < -0.3 is 15.6 Å². The number of nitrogens with zero attached hydrogens (tertiary/aromatic N) is 2. The van der Waals surface area contributed by atoms with Crippen LogP contribution in [0.1, 0.15) is 36.0 Å². The number of nitrogens with one attached hydrogen (secondary N) is 1. The molecule has 4 rings (SSSR count). The Labute approximate surface area is 160 Å². The zero-order valence-corrected chi connectivity index (χ0v) is 16.6. The molecule has 2 aromatic heterocycles. The van der Waals surface area contributed by atoms with Crippen molar-refractivity contribution in [3.63, 3.8) is 0 Å². The molecule has 1 atom stereocenters. The van der Waals surface area contributed by atoms with Gasteiger partial charge >= 0.3 is 0 Å². The van der Waals surface area contributed by atoms with E-state index in [1.165, 1.54) is 22.2 Å². The molecule has 0 aromatic carbocycles. The highest BCUT2D eigenvalue weighted by atomic mass is 32.2. The van der Waals surface area contributed by atoms with Crippen molar-refractivity contribution in [3.05, 3.63) is 26.6 Å². The Kier molecular flexibility index (Phi) is 4.83. The van der Waals surface area contributed by atoms with Gasteiger partial charge in [-0.25, -0.2) is 4.98 Å². The molecule has 1 saturated heterocycles. The maximum absolute atomic E-state index is 12.4. The molecule has 3 heterocycles. The molecule has 0 bridgehead atoms. The molecule has 3 N–H and O–H groups in total. The van der Waals surface area contributed by atoms with Gasteiger partial charge in [-0.1, -0.05) is 6.92 Å². The number of aryl methyl sites for hydroxylation is 2. The second-order valence-corrected chi connectivity index (χ2v) is 9.69. The summed E-state index contributed by atoms with van der Waals surface area (Å²) in [6.07, 6.45) is 4.15. The lowest BCUT2D eigenvalue weighted by Crippen LogP contribution is -2.35. The van der Waals surface area contributed by atoms with Crippen LogP contribution in [0.3, 0.4) is 0 Å². The molecular weight excluding hydrogens is 368 g/mol. The first-order valence-electron chi connectivity index (χ1n) is 9.08. The molecule has 1 unspecified atom stereocenters. The Morgan fingerprint density at radius 3 is 3.08 bits per heavy atom. The largest absolute Gasteiger partial charge is 0.341 e. The van der Waals surface area contributed by atoms with E-state index < -0.39 is 0 Å². The number of rotatable bonds is 5. The monoisotopic (exact) mass is 392 g/mol. The first kappa shape index (κ1) is 18.0. The van der Waals surface area contributed by atoms with E-state index in [1.54, 1.807) is 11.3 Å². The summed E-state index contributed by atoms with van der Waals surface area (Å²) in [5.74, 6) is 1.75. The number of thioether (sulfide) groups is 1. The molecule has 0 saturated carbocycles. The highest BCUT2D eigenvalue weighted by Crippen LogP contribution is 2.34. The number of thiophene rings is 1. The Bertz CT molecular complexity index is 906. The van der Waals surface area contributed by atoms with E-state index in [4.69, 9.17) is 5.73 Å². The van der Waals surface area contributed by atoms with Gasteiger partial charge in [0.1, 0.15) is 10.7 Å². The SMILES string of the molecule is CC1(CN)CCN(C(=O)CSCc2nc3sc4c(c3c(=O)[nH]2)CCC4)C1. The molecular formula is C18H24N4O2S2. The zero-order valence-electron chi connectivity index (χ0n) is 15.0. The van der Waals surface area contributed by atoms with Crippen molar-refractivity contribution in [2.45, 2.75) is 38.4 Å². The number of hydrogen-bond acceptors (Lipinski definition) is 6. The normalized spacial score (nSPS) is 22.3. The zero-order chi connectivity index (χ0) is 18.3. The first-order valence-corrected chi connectivity index (χ1v) is 11.1. The number of fused-ring (bicyclic) bond motifs is 3. The number of aromatic amines is 1. The van der Waals surface area contributed by atoms with Crippen molar-refractivity contribution in [1.29, 1.82) is 0 Å². The van der Waals surface area contributed by atoms with Crippen LogP contribution >= 0.6 is 23.1 Å². The number of aromatic nitrogens is 2. The third-order valence-corrected chi connectivity index (χ3v) is 7.61. The summed E-state index contributed by atoms with van der Waals surface area (Å²) in [6.45, 7) is 4.27. The second kappa shape index (κ2) is 6.98. The van der Waals surface area contributed by atoms with Crippen LogP contribution in [0.4, 0.5) is 0 Å². The quantitative estimate of drug-likeness (QED) is 0.811. The van der Waals surface area contributed by atoms with Crippen LogP contribution < -0.4 is 11.3 Å². The van der Waals surface area contributed by atoms with Crippen LogP contribution in [0, 0.1) is 5.41 Å². The summed E-state index contributed by atoms with van der Waals surface area (Å²) in [5, 5.41) is 0.783. The topological polar surface area (TPSA) is 92.1 Å². The van der Waals surface area contributed by atoms with Crippen molar-refractivity contribution in [1.82, 2.24) is 14.9 Å². The Morgan fingerprint density at radius 1 is 1.46 bits per heavy atom. The lowest BCUT2D eigenvalue weighted by atomic mass is 9.90. The fourth-order valence-corrected chi connectivity index (χ4v) is 5.92. The van der Waals surface area contributed by atoms with E-state index in [1.807, 2.05) is 4.90 Å². The highest BCUT2D eigenvalue weighted by molar-refractivity contribution is 7.99. The molecule has 2 aromatic rings. The summed E-state index contributed by atoms with van der Waals surface area (Å²) in [5.41, 5.74) is 7.03. The summed E-state index contributed by atoms with van der Waals surface area (Å²) >= 11 is 3.16. The van der Waals surface area contributed by atoms with E-state index in [2.05, 4.69) is 16.9 Å². The number of carbonyl (C=O) groups excluding carboxylic acids is 1. The molecule has 26 heavy (non-hydrogen) atoms. The van der Waals surface area contributed by atoms with E-state index >= 15 is 0 Å². The lowest BCUT2D eigenvalue weighted by Gasteiger charge is -2.22. The molecule has 140 valence electrons. The Hall–Kier alpha value is -1.38. The molecule has 2 aliphatic rings. The third-order valence-electron chi connectivity index (χ3n) is 5.49.